The van der Waals surface area contributed by atoms with Crippen molar-refractivity contribution in [3.05, 3.63) is 41.6 Å². The molecule has 0 spiro atoms. The van der Waals surface area contributed by atoms with Crippen molar-refractivity contribution in [3.63, 3.8) is 0 Å². The van der Waals surface area contributed by atoms with Crippen LogP contribution in [0.3, 0.4) is 0 Å². The van der Waals surface area contributed by atoms with Gasteiger partial charge in [-0.3, -0.25) is 4.68 Å². The van der Waals surface area contributed by atoms with E-state index in [1.54, 1.807) is 0 Å². The number of aromatic carboxylic acids is 1. The summed E-state index contributed by atoms with van der Waals surface area (Å²) in [6.45, 7) is 3.89. The highest BCUT2D eigenvalue weighted by Crippen LogP contribution is 2.29. The second-order valence-electron chi connectivity index (χ2n) is 4.74. The van der Waals surface area contributed by atoms with Crippen LogP contribution in [0.2, 0.25) is 0 Å². The van der Waals surface area contributed by atoms with Crippen molar-refractivity contribution in [2.75, 3.05) is 0 Å². The molecule has 112 valence electrons. The Morgan fingerprint density at radius 2 is 1.86 bits per heavy atom. The average molecular weight is 294 g/mol. The van der Waals surface area contributed by atoms with Gasteiger partial charge in [0.2, 0.25) is 0 Å². The van der Waals surface area contributed by atoms with Crippen LogP contribution in [0.1, 0.15) is 43.1 Å². The maximum atomic E-state index is 13.9. The molecule has 1 heterocycles. The van der Waals surface area contributed by atoms with Gasteiger partial charge in [-0.15, -0.1) is 0 Å². The van der Waals surface area contributed by atoms with Gasteiger partial charge in [-0.05, 0) is 25.0 Å². The highest BCUT2D eigenvalue weighted by molar-refractivity contribution is 5.94. The minimum atomic E-state index is -1.26. The molecule has 2 rings (SSSR count). The second-order valence-corrected chi connectivity index (χ2v) is 4.74. The zero-order valence-corrected chi connectivity index (χ0v) is 11.8. The largest absolute Gasteiger partial charge is 0.478 e. The van der Waals surface area contributed by atoms with E-state index >= 15 is 0 Å². The van der Waals surface area contributed by atoms with Crippen LogP contribution in [-0.4, -0.2) is 20.9 Å². The van der Waals surface area contributed by atoms with Gasteiger partial charge in [0, 0.05) is 6.20 Å². The first-order valence-corrected chi connectivity index (χ1v) is 6.76. The topological polar surface area (TPSA) is 55.1 Å². The molecule has 0 aliphatic carbocycles. The third kappa shape index (κ3) is 2.79. The van der Waals surface area contributed by atoms with Crippen LogP contribution >= 0.6 is 0 Å². The molecule has 0 saturated heterocycles. The highest BCUT2D eigenvalue weighted by atomic mass is 19.1. The number of halogens is 2. The second kappa shape index (κ2) is 6.03. The summed E-state index contributed by atoms with van der Waals surface area (Å²) >= 11 is 0. The summed E-state index contributed by atoms with van der Waals surface area (Å²) in [5.41, 5.74) is -0.782. The molecule has 0 atom stereocenters. The van der Waals surface area contributed by atoms with E-state index in [0.29, 0.717) is 0 Å². The van der Waals surface area contributed by atoms with Crippen molar-refractivity contribution in [2.24, 2.45) is 0 Å². The fraction of sp³-hybridized carbons (Fsp3) is 0.333. The summed E-state index contributed by atoms with van der Waals surface area (Å²) in [5, 5.41) is 13.4. The van der Waals surface area contributed by atoms with E-state index < -0.39 is 23.2 Å². The van der Waals surface area contributed by atoms with Crippen molar-refractivity contribution >= 4 is 5.97 Å². The van der Waals surface area contributed by atoms with Gasteiger partial charge in [0.05, 0.1) is 11.6 Å². The number of rotatable bonds is 5. The summed E-state index contributed by atoms with van der Waals surface area (Å²) in [6.07, 6.45) is 2.83. The standard InChI is InChI=1S/C15H16F2N2O2/c1-3-9(4-2)19-8-10(15(20)21)14(18-19)13-11(16)6-5-7-12(13)17/h5-9H,3-4H2,1-2H3,(H,20,21). The van der Waals surface area contributed by atoms with E-state index in [9.17, 15) is 18.7 Å². The van der Waals surface area contributed by atoms with Gasteiger partial charge >= 0.3 is 5.97 Å². The fourth-order valence-corrected chi connectivity index (χ4v) is 2.31. The number of hydrogen-bond donors (Lipinski definition) is 1. The maximum Gasteiger partial charge on any atom is 0.339 e. The molecule has 2 aromatic rings. The van der Waals surface area contributed by atoms with Gasteiger partial charge < -0.3 is 5.11 Å². The normalized spacial score (nSPS) is 11.1. The van der Waals surface area contributed by atoms with Crippen LogP contribution in [0.15, 0.2) is 24.4 Å². The lowest BCUT2D eigenvalue weighted by atomic mass is 10.1. The van der Waals surface area contributed by atoms with Crippen molar-refractivity contribution in [1.82, 2.24) is 9.78 Å². The Bertz CT molecular complexity index is 643. The van der Waals surface area contributed by atoms with E-state index in [1.807, 2.05) is 13.8 Å². The summed E-state index contributed by atoms with van der Waals surface area (Å²) in [5.74, 6) is -2.91. The van der Waals surface area contributed by atoms with E-state index in [0.717, 1.165) is 25.0 Å². The number of nitrogens with zero attached hydrogens (tertiary/aromatic N) is 2. The fourth-order valence-electron chi connectivity index (χ4n) is 2.31. The highest BCUT2D eigenvalue weighted by Gasteiger charge is 2.24. The number of carboxylic acids is 1. The Kier molecular flexibility index (Phi) is 4.35. The molecule has 0 unspecified atom stereocenters. The third-order valence-corrected chi connectivity index (χ3v) is 3.48. The molecule has 4 nitrogen and oxygen atoms in total. The lowest BCUT2D eigenvalue weighted by Crippen LogP contribution is -2.07. The zero-order valence-electron chi connectivity index (χ0n) is 11.8. The first kappa shape index (κ1) is 15.2. The van der Waals surface area contributed by atoms with Crippen LogP contribution in [0.5, 0.6) is 0 Å². The number of hydrogen-bond acceptors (Lipinski definition) is 2. The molecular formula is C15H16F2N2O2. The van der Waals surface area contributed by atoms with Gasteiger partial charge in [-0.2, -0.15) is 5.10 Å². The van der Waals surface area contributed by atoms with Crippen LogP contribution in [0, 0.1) is 11.6 Å². The summed E-state index contributed by atoms with van der Waals surface area (Å²) in [4.78, 5) is 11.3. The number of carbonyl (C=O) groups is 1. The van der Waals surface area contributed by atoms with Crippen LogP contribution < -0.4 is 0 Å². The zero-order chi connectivity index (χ0) is 15.6. The quantitative estimate of drug-likeness (QED) is 0.910. The monoisotopic (exact) mass is 294 g/mol. The van der Waals surface area contributed by atoms with Crippen LogP contribution in [-0.2, 0) is 0 Å². The number of benzene rings is 1. The lowest BCUT2D eigenvalue weighted by molar-refractivity contribution is 0.0697. The molecule has 1 aromatic heterocycles. The summed E-state index contributed by atoms with van der Waals surface area (Å²) in [6, 6.07) is 3.39. The molecule has 0 fully saturated rings. The van der Waals surface area contributed by atoms with Gasteiger partial charge in [0.25, 0.3) is 0 Å². The van der Waals surface area contributed by atoms with Crippen LogP contribution in [0.4, 0.5) is 8.78 Å². The Morgan fingerprint density at radius 3 is 2.33 bits per heavy atom. The van der Waals surface area contributed by atoms with Gasteiger partial charge in [0.15, 0.2) is 0 Å². The first-order valence-electron chi connectivity index (χ1n) is 6.76. The SMILES string of the molecule is CCC(CC)n1cc(C(=O)O)c(-c2c(F)cccc2F)n1. The predicted molar refractivity (Wildman–Crippen MR) is 74.2 cm³/mol. The predicted octanol–water partition coefficient (Wildman–Crippen LogP) is 3.89. The van der Waals surface area contributed by atoms with Gasteiger partial charge in [0.1, 0.15) is 22.9 Å². The Labute approximate surface area is 121 Å². The third-order valence-electron chi connectivity index (χ3n) is 3.48. The number of aromatic nitrogens is 2. The Balaban J connectivity index is 2.65. The molecule has 0 radical (unpaired) electrons. The molecule has 6 heteroatoms. The van der Waals surface area contributed by atoms with Crippen molar-refractivity contribution in [2.45, 2.75) is 32.7 Å². The molecule has 0 saturated carbocycles. The summed E-state index contributed by atoms with van der Waals surface area (Å²) in [7, 11) is 0. The van der Waals surface area contributed by atoms with E-state index in [-0.39, 0.29) is 17.3 Å². The molecule has 0 aliphatic rings. The molecule has 1 aromatic carbocycles. The minimum absolute atomic E-state index is 0.00770. The molecular weight excluding hydrogens is 278 g/mol. The van der Waals surface area contributed by atoms with Gasteiger partial charge in [-0.25, -0.2) is 13.6 Å². The molecule has 0 aliphatic heterocycles. The van der Waals surface area contributed by atoms with Crippen molar-refractivity contribution < 1.29 is 18.7 Å². The van der Waals surface area contributed by atoms with Gasteiger partial charge in [-0.1, -0.05) is 19.9 Å². The molecule has 0 bridgehead atoms. The lowest BCUT2D eigenvalue weighted by Gasteiger charge is -2.12. The Hall–Kier alpha value is -2.24. The van der Waals surface area contributed by atoms with Crippen molar-refractivity contribution in [3.8, 4) is 11.3 Å². The average Bonchev–Trinajstić information content (AvgIpc) is 2.85. The van der Waals surface area contributed by atoms with Crippen LogP contribution in [0.25, 0.3) is 11.3 Å². The molecule has 21 heavy (non-hydrogen) atoms. The first-order chi connectivity index (χ1) is 9.99. The van der Waals surface area contributed by atoms with E-state index in [2.05, 4.69) is 5.10 Å². The summed E-state index contributed by atoms with van der Waals surface area (Å²) < 4.78 is 29.2. The van der Waals surface area contributed by atoms with E-state index in [1.165, 1.54) is 16.9 Å². The van der Waals surface area contributed by atoms with E-state index in [4.69, 9.17) is 0 Å². The van der Waals surface area contributed by atoms with Crippen molar-refractivity contribution in [1.29, 1.82) is 0 Å². The molecule has 1 N–H and O–H groups in total. The molecule has 0 amide bonds. The smallest absolute Gasteiger partial charge is 0.339 e. The maximum absolute atomic E-state index is 13.9. The Morgan fingerprint density at radius 1 is 1.29 bits per heavy atom. The number of carboxylic acid groups (broad SMARTS) is 1. The minimum Gasteiger partial charge on any atom is -0.478 e.